The molecular weight excluding hydrogens is 224 g/mol. The van der Waals surface area contributed by atoms with E-state index in [4.69, 9.17) is 5.26 Å². The van der Waals surface area contributed by atoms with Crippen molar-refractivity contribution in [3.8, 4) is 22.9 Å². The molecule has 0 atom stereocenters. The Bertz CT molecular complexity index is 748. The maximum Gasteiger partial charge on any atom is 0.132 e. The van der Waals surface area contributed by atoms with E-state index in [0.717, 1.165) is 16.6 Å². The normalized spacial score (nSPS) is 10.4. The number of fused-ring (bicyclic) bond motifs is 1. The number of nitrogens with zero attached hydrogens (tertiary/aromatic N) is 2. The Hall–Kier alpha value is -2.73. The van der Waals surface area contributed by atoms with E-state index in [1.165, 1.54) is 0 Å². The van der Waals surface area contributed by atoms with Crippen LogP contribution in [0.5, 0.6) is 5.75 Å². The van der Waals surface area contributed by atoms with Gasteiger partial charge in [-0.1, -0.05) is 12.1 Å². The van der Waals surface area contributed by atoms with Crippen molar-refractivity contribution in [3.63, 3.8) is 0 Å². The number of pyridine rings is 1. The Morgan fingerprint density at radius 2 is 1.72 bits per heavy atom. The highest BCUT2D eigenvalue weighted by molar-refractivity contribution is 5.71. The Morgan fingerprint density at radius 3 is 2.44 bits per heavy atom. The Kier molecular flexibility index (Phi) is 2.28. The van der Waals surface area contributed by atoms with E-state index >= 15 is 0 Å². The summed E-state index contributed by atoms with van der Waals surface area (Å²) in [4.78, 5) is 0. The fraction of sp³-hybridized carbons (Fsp3) is 0. The molecule has 1 aromatic carbocycles. The molecule has 2 aromatic heterocycles. The highest BCUT2D eigenvalue weighted by atomic mass is 16.3. The van der Waals surface area contributed by atoms with Gasteiger partial charge in [0, 0.05) is 17.3 Å². The number of hydrogen-bond acceptors (Lipinski definition) is 2. The molecule has 0 spiro atoms. The van der Waals surface area contributed by atoms with Crippen molar-refractivity contribution in [1.82, 2.24) is 4.40 Å². The molecule has 2 heterocycles. The third-order valence-electron chi connectivity index (χ3n) is 2.92. The molecule has 3 heteroatoms. The molecule has 86 valence electrons. The minimum atomic E-state index is 0.240. The van der Waals surface area contributed by atoms with Crippen molar-refractivity contribution >= 4 is 5.52 Å². The van der Waals surface area contributed by atoms with Crippen LogP contribution in [0.4, 0.5) is 0 Å². The smallest absolute Gasteiger partial charge is 0.132 e. The summed E-state index contributed by atoms with van der Waals surface area (Å²) in [6.07, 6.45) is 3.62. The average Bonchev–Trinajstić information content (AvgIpc) is 2.81. The van der Waals surface area contributed by atoms with Gasteiger partial charge in [-0.2, -0.15) is 5.26 Å². The van der Waals surface area contributed by atoms with Crippen LogP contribution in [0, 0.1) is 11.3 Å². The molecule has 3 rings (SSSR count). The van der Waals surface area contributed by atoms with Gasteiger partial charge >= 0.3 is 0 Å². The molecule has 18 heavy (non-hydrogen) atoms. The number of benzene rings is 1. The predicted octanol–water partition coefficient (Wildman–Crippen LogP) is 3.18. The van der Waals surface area contributed by atoms with E-state index < -0.39 is 0 Å². The first kappa shape index (κ1) is 10.4. The predicted molar refractivity (Wildman–Crippen MR) is 69.2 cm³/mol. The summed E-state index contributed by atoms with van der Waals surface area (Å²) in [5, 5.41) is 18.2. The van der Waals surface area contributed by atoms with Crippen LogP contribution in [0.1, 0.15) is 5.56 Å². The molecule has 0 unspecified atom stereocenters. The van der Waals surface area contributed by atoms with Gasteiger partial charge in [-0.25, -0.2) is 0 Å². The van der Waals surface area contributed by atoms with Gasteiger partial charge < -0.3 is 9.51 Å². The fourth-order valence-electron chi connectivity index (χ4n) is 1.99. The molecule has 0 aliphatic carbocycles. The molecule has 0 amide bonds. The fourth-order valence-corrected chi connectivity index (χ4v) is 1.99. The van der Waals surface area contributed by atoms with E-state index in [1.807, 2.05) is 34.9 Å². The monoisotopic (exact) mass is 234 g/mol. The van der Waals surface area contributed by atoms with Gasteiger partial charge in [0.15, 0.2) is 0 Å². The van der Waals surface area contributed by atoms with Crippen molar-refractivity contribution in [3.05, 3.63) is 60.4 Å². The van der Waals surface area contributed by atoms with E-state index in [-0.39, 0.29) is 5.75 Å². The zero-order valence-electron chi connectivity index (χ0n) is 9.54. The third kappa shape index (κ3) is 1.70. The maximum atomic E-state index is 9.42. The second-order valence-corrected chi connectivity index (χ2v) is 4.14. The van der Waals surface area contributed by atoms with Crippen molar-refractivity contribution in [2.45, 2.75) is 0 Å². The highest BCUT2D eigenvalue weighted by Gasteiger charge is 2.03. The minimum Gasteiger partial charge on any atom is -0.506 e. The van der Waals surface area contributed by atoms with Crippen LogP contribution >= 0.6 is 0 Å². The molecular formula is C15H10N2O. The Balaban J connectivity index is 2.10. The molecule has 0 bridgehead atoms. The van der Waals surface area contributed by atoms with E-state index in [9.17, 15) is 5.11 Å². The zero-order valence-corrected chi connectivity index (χ0v) is 9.54. The van der Waals surface area contributed by atoms with Crippen molar-refractivity contribution in [2.24, 2.45) is 0 Å². The molecule has 1 N–H and O–H groups in total. The maximum absolute atomic E-state index is 9.42. The quantitative estimate of drug-likeness (QED) is 0.703. The summed E-state index contributed by atoms with van der Waals surface area (Å²) in [5.41, 5.74) is 3.79. The summed E-state index contributed by atoms with van der Waals surface area (Å²) >= 11 is 0. The van der Waals surface area contributed by atoms with Crippen molar-refractivity contribution < 1.29 is 5.11 Å². The van der Waals surface area contributed by atoms with Gasteiger partial charge in [0.05, 0.1) is 17.8 Å². The lowest BCUT2D eigenvalue weighted by Gasteiger charge is -1.96. The van der Waals surface area contributed by atoms with Gasteiger partial charge in [-0.15, -0.1) is 0 Å². The molecule has 0 aliphatic heterocycles. The molecule has 0 aliphatic rings. The first-order valence-electron chi connectivity index (χ1n) is 5.57. The van der Waals surface area contributed by atoms with Gasteiger partial charge in [-0.3, -0.25) is 0 Å². The summed E-state index contributed by atoms with van der Waals surface area (Å²) < 4.78 is 1.88. The lowest BCUT2D eigenvalue weighted by molar-refractivity contribution is 0.472. The van der Waals surface area contributed by atoms with E-state index in [2.05, 4.69) is 6.07 Å². The standard InChI is InChI=1S/C15H10N2O/c16-8-11-1-3-12(4-2-11)13-7-14-5-6-15(18)10-17(14)9-13/h1-7,9-10,18H. The highest BCUT2D eigenvalue weighted by Crippen LogP contribution is 2.24. The topological polar surface area (TPSA) is 48.4 Å². The van der Waals surface area contributed by atoms with Gasteiger partial charge in [-0.05, 0) is 35.9 Å². The van der Waals surface area contributed by atoms with Crippen molar-refractivity contribution in [1.29, 1.82) is 5.26 Å². The minimum absolute atomic E-state index is 0.240. The molecule has 3 nitrogen and oxygen atoms in total. The van der Waals surface area contributed by atoms with Crippen LogP contribution in [-0.4, -0.2) is 9.51 Å². The molecule has 3 aromatic rings. The number of hydrogen-bond donors (Lipinski definition) is 1. The lowest BCUT2D eigenvalue weighted by Crippen LogP contribution is -1.79. The third-order valence-corrected chi connectivity index (χ3v) is 2.92. The molecule has 0 fully saturated rings. The summed E-state index contributed by atoms with van der Waals surface area (Å²) in [5.74, 6) is 0.240. The molecule has 0 saturated carbocycles. The van der Waals surface area contributed by atoms with Crippen LogP contribution in [0.2, 0.25) is 0 Å². The number of aromatic nitrogens is 1. The van der Waals surface area contributed by atoms with Crippen LogP contribution in [0.25, 0.3) is 16.6 Å². The number of rotatable bonds is 1. The van der Waals surface area contributed by atoms with Crippen LogP contribution in [0.3, 0.4) is 0 Å². The number of nitriles is 1. The van der Waals surface area contributed by atoms with E-state index in [0.29, 0.717) is 5.56 Å². The van der Waals surface area contributed by atoms with Crippen molar-refractivity contribution in [2.75, 3.05) is 0 Å². The Labute approximate surface area is 104 Å². The zero-order chi connectivity index (χ0) is 12.5. The second kappa shape index (κ2) is 3.94. The first-order chi connectivity index (χ1) is 8.76. The largest absolute Gasteiger partial charge is 0.506 e. The van der Waals surface area contributed by atoms with E-state index in [1.54, 1.807) is 24.4 Å². The molecule has 0 radical (unpaired) electrons. The molecule has 0 saturated heterocycles. The lowest BCUT2D eigenvalue weighted by atomic mass is 10.1. The number of aromatic hydroxyl groups is 1. The van der Waals surface area contributed by atoms with Gasteiger partial charge in [0.1, 0.15) is 5.75 Å². The van der Waals surface area contributed by atoms with Crippen LogP contribution < -0.4 is 0 Å². The Morgan fingerprint density at radius 1 is 0.944 bits per heavy atom. The summed E-state index contributed by atoms with van der Waals surface area (Å²) in [6, 6.07) is 15.1. The SMILES string of the molecule is N#Cc1ccc(-c2cc3ccc(O)cn3c2)cc1. The average molecular weight is 234 g/mol. The summed E-state index contributed by atoms with van der Waals surface area (Å²) in [6.45, 7) is 0. The van der Waals surface area contributed by atoms with Gasteiger partial charge in [0.25, 0.3) is 0 Å². The summed E-state index contributed by atoms with van der Waals surface area (Å²) in [7, 11) is 0. The first-order valence-corrected chi connectivity index (χ1v) is 5.57. The van der Waals surface area contributed by atoms with Crippen LogP contribution in [-0.2, 0) is 0 Å². The van der Waals surface area contributed by atoms with Crippen LogP contribution in [0.15, 0.2) is 54.9 Å². The van der Waals surface area contributed by atoms with Gasteiger partial charge in [0.2, 0.25) is 0 Å². The second-order valence-electron chi connectivity index (χ2n) is 4.14.